The highest BCUT2D eigenvalue weighted by Crippen LogP contribution is 2.33. The van der Waals surface area contributed by atoms with E-state index >= 15 is 0 Å². The number of hydrogen-bond donors (Lipinski definition) is 1. The van der Waals surface area contributed by atoms with E-state index in [2.05, 4.69) is 5.32 Å². The molecule has 1 fully saturated rings. The Kier molecular flexibility index (Phi) is 11.4. The van der Waals surface area contributed by atoms with Gasteiger partial charge in [-0.25, -0.2) is 8.42 Å². The number of amides is 2. The average molecular weight is 663 g/mol. The summed E-state index contributed by atoms with van der Waals surface area (Å²) in [6.07, 6.45) is 4.16. The van der Waals surface area contributed by atoms with E-state index in [1.54, 1.807) is 36.4 Å². The Labute approximate surface area is 269 Å². The second-order valence-corrected chi connectivity index (χ2v) is 13.2. The molecule has 0 bridgehead atoms. The van der Waals surface area contributed by atoms with Crippen molar-refractivity contribution in [3.05, 3.63) is 82.3 Å². The van der Waals surface area contributed by atoms with Gasteiger partial charge in [-0.05, 0) is 67.3 Å². The van der Waals surface area contributed by atoms with Crippen LogP contribution < -0.4 is 19.1 Å². The first-order valence-corrected chi connectivity index (χ1v) is 16.6. The SMILES string of the molecule is CC[C@@H](C(=O)NC1CCCC1)N(Cc1ccccc1Cl)C(=O)CN(c1ccc(Cl)cc1)S(=O)(=O)c1ccc(OC)c(OC)c1. The highest BCUT2D eigenvalue weighted by Gasteiger charge is 2.35. The second-order valence-electron chi connectivity index (χ2n) is 10.5. The highest BCUT2D eigenvalue weighted by atomic mass is 35.5. The lowest BCUT2D eigenvalue weighted by molar-refractivity contribution is -0.140. The lowest BCUT2D eigenvalue weighted by atomic mass is 10.1. The lowest BCUT2D eigenvalue weighted by Gasteiger charge is -2.34. The van der Waals surface area contributed by atoms with Gasteiger partial charge in [0, 0.05) is 28.7 Å². The van der Waals surface area contributed by atoms with Crippen LogP contribution in [-0.2, 0) is 26.2 Å². The summed E-state index contributed by atoms with van der Waals surface area (Å²) < 4.78 is 40.0. The summed E-state index contributed by atoms with van der Waals surface area (Å²) in [5.74, 6) is -0.283. The minimum Gasteiger partial charge on any atom is -0.493 e. The normalized spacial score (nSPS) is 14.1. The van der Waals surface area contributed by atoms with Crippen LogP contribution in [0.3, 0.4) is 0 Å². The first-order valence-electron chi connectivity index (χ1n) is 14.4. The van der Waals surface area contributed by atoms with Crippen LogP contribution in [0.15, 0.2) is 71.6 Å². The Balaban J connectivity index is 1.75. The molecule has 12 heteroatoms. The third kappa shape index (κ3) is 7.78. The number of anilines is 1. The number of sulfonamides is 1. The molecule has 0 saturated heterocycles. The van der Waals surface area contributed by atoms with Gasteiger partial charge in [-0.15, -0.1) is 0 Å². The monoisotopic (exact) mass is 661 g/mol. The minimum absolute atomic E-state index is 0.0139. The number of carbonyl (C=O) groups excluding carboxylic acids is 2. The molecule has 1 saturated carbocycles. The molecule has 0 aliphatic heterocycles. The molecule has 1 atom stereocenters. The summed E-state index contributed by atoms with van der Waals surface area (Å²) >= 11 is 12.6. The first kappa shape index (κ1) is 33.4. The van der Waals surface area contributed by atoms with E-state index in [0.29, 0.717) is 27.8 Å². The van der Waals surface area contributed by atoms with E-state index in [1.807, 2.05) is 6.92 Å². The van der Waals surface area contributed by atoms with E-state index in [9.17, 15) is 18.0 Å². The zero-order chi connectivity index (χ0) is 31.9. The number of benzene rings is 3. The topological polar surface area (TPSA) is 105 Å². The fourth-order valence-electron chi connectivity index (χ4n) is 5.34. The third-order valence-corrected chi connectivity index (χ3v) is 10.1. The fourth-order valence-corrected chi connectivity index (χ4v) is 7.09. The number of carbonyl (C=O) groups is 2. The largest absolute Gasteiger partial charge is 0.493 e. The number of halogens is 2. The Morgan fingerprint density at radius 2 is 1.61 bits per heavy atom. The third-order valence-electron chi connectivity index (χ3n) is 7.72. The number of hydrogen-bond acceptors (Lipinski definition) is 6. The fraction of sp³-hybridized carbons (Fsp3) is 0.375. The molecule has 2 amide bonds. The maximum Gasteiger partial charge on any atom is 0.264 e. The van der Waals surface area contributed by atoms with Gasteiger partial charge >= 0.3 is 0 Å². The van der Waals surface area contributed by atoms with Gasteiger partial charge in [0.2, 0.25) is 11.8 Å². The first-order chi connectivity index (χ1) is 21.1. The summed E-state index contributed by atoms with van der Waals surface area (Å²) in [4.78, 5) is 29.2. The van der Waals surface area contributed by atoms with Crippen molar-refractivity contribution in [2.75, 3.05) is 25.1 Å². The standard InChI is InChI=1S/C32H37Cl2N3O6S/c1-4-28(32(39)35-24-10-6-7-11-24)36(20-22-9-5-8-12-27(22)34)31(38)21-37(25-15-13-23(33)14-16-25)44(40,41)26-17-18-29(42-2)30(19-26)43-3/h5,8-9,12-19,24,28H,4,6-7,10-11,20-21H2,1-3H3,(H,35,39)/t28-/m0/s1. The van der Waals surface area contributed by atoms with Gasteiger partial charge in [0.15, 0.2) is 11.5 Å². The Morgan fingerprint density at radius 1 is 0.955 bits per heavy atom. The molecule has 0 aromatic heterocycles. The van der Waals surface area contributed by atoms with Gasteiger partial charge < -0.3 is 19.7 Å². The number of ether oxygens (including phenoxy) is 2. The van der Waals surface area contributed by atoms with Crippen molar-refractivity contribution in [3.63, 3.8) is 0 Å². The van der Waals surface area contributed by atoms with Crippen LogP contribution in [-0.4, -0.2) is 58.0 Å². The second kappa shape index (κ2) is 15.0. The van der Waals surface area contributed by atoms with Crippen LogP contribution in [0.2, 0.25) is 10.0 Å². The van der Waals surface area contributed by atoms with Gasteiger partial charge in [-0.2, -0.15) is 0 Å². The van der Waals surface area contributed by atoms with Crippen LogP contribution in [0.4, 0.5) is 5.69 Å². The molecular weight excluding hydrogens is 625 g/mol. The van der Waals surface area contributed by atoms with Gasteiger partial charge in [-0.3, -0.25) is 13.9 Å². The Hall–Kier alpha value is -3.47. The van der Waals surface area contributed by atoms with Gasteiger partial charge in [0.05, 0.1) is 24.8 Å². The van der Waals surface area contributed by atoms with Gasteiger partial charge in [0.1, 0.15) is 12.6 Å². The highest BCUT2D eigenvalue weighted by molar-refractivity contribution is 7.92. The Bertz CT molecular complexity index is 1560. The van der Waals surface area contributed by atoms with E-state index in [0.717, 1.165) is 30.0 Å². The van der Waals surface area contributed by atoms with Crippen LogP contribution in [0.5, 0.6) is 11.5 Å². The number of methoxy groups -OCH3 is 2. The smallest absolute Gasteiger partial charge is 0.264 e. The average Bonchev–Trinajstić information content (AvgIpc) is 3.53. The lowest BCUT2D eigenvalue weighted by Crippen LogP contribution is -2.53. The van der Waals surface area contributed by atoms with Crippen molar-refractivity contribution in [2.24, 2.45) is 0 Å². The van der Waals surface area contributed by atoms with Crippen LogP contribution in [0, 0.1) is 0 Å². The van der Waals surface area contributed by atoms with E-state index < -0.39 is 28.5 Å². The molecule has 44 heavy (non-hydrogen) atoms. The summed E-state index contributed by atoms with van der Waals surface area (Å²) in [5.41, 5.74) is 0.856. The maximum atomic E-state index is 14.3. The zero-order valence-corrected chi connectivity index (χ0v) is 27.3. The number of rotatable bonds is 13. The minimum atomic E-state index is -4.32. The van der Waals surface area contributed by atoms with Crippen molar-refractivity contribution in [1.29, 1.82) is 0 Å². The molecule has 4 rings (SSSR count). The molecule has 0 unspecified atom stereocenters. The summed E-state index contributed by atoms with van der Waals surface area (Å²) in [5, 5.41) is 3.93. The van der Waals surface area contributed by atoms with Crippen molar-refractivity contribution < 1.29 is 27.5 Å². The molecule has 0 heterocycles. The van der Waals surface area contributed by atoms with Crippen LogP contribution in [0.1, 0.15) is 44.6 Å². The number of nitrogens with one attached hydrogen (secondary N) is 1. The zero-order valence-electron chi connectivity index (χ0n) is 25.0. The molecule has 1 aliphatic rings. The van der Waals surface area contributed by atoms with E-state index in [4.69, 9.17) is 32.7 Å². The summed E-state index contributed by atoms with van der Waals surface area (Å²) in [6, 6.07) is 16.6. The van der Waals surface area contributed by atoms with Crippen molar-refractivity contribution in [2.45, 2.75) is 62.6 Å². The molecule has 236 valence electrons. The van der Waals surface area contributed by atoms with E-state index in [-0.39, 0.29) is 34.8 Å². The molecule has 9 nitrogen and oxygen atoms in total. The van der Waals surface area contributed by atoms with Gasteiger partial charge in [-0.1, -0.05) is 61.2 Å². The quantitative estimate of drug-likeness (QED) is 0.238. The van der Waals surface area contributed by atoms with Crippen molar-refractivity contribution in [3.8, 4) is 11.5 Å². The van der Waals surface area contributed by atoms with Crippen molar-refractivity contribution in [1.82, 2.24) is 10.2 Å². The molecule has 3 aromatic rings. The predicted molar refractivity (Wildman–Crippen MR) is 172 cm³/mol. The van der Waals surface area contributed by atoms with Crippen molar-refractivity contribution >= 4 is 50.7 Å². The van der Waals surface area contributed by atoms with Gasteiger partial charge in [0.25, 0.3) is 10.0 Å². The molecular formula is C32H37Cl2N3O6S. The summed E-state index contributed by atoms with van der Waals surface area (Å²) in [7, 11) is -1.47. The number of nitrogens with zero attached hydrogens (tertiary/aromatic N) is 2. The van der Waals surface area contributed by atoms with E-state index in [1.165, 1.54) is 49.5 Å². The predicted octanol–water partition coefficient (Wildman–Crippen LogP) is 6.07. The van der Waals surface area contributed by atoms with Crippen LogP contribution in [0.25, 0.3) is 0 Å². The molecule has 3 aromatic carbocycles. The van der Waals surface area contributed by atoms with Crippen LogP contribution >= 0.6 is 23.2 Å². The summed E-state index contributed by atoms with van der Waals surface area (Å²) in [6.45, 7) is 1.25. The molecule has 0 spiro atoms. The maximum absolute atomic E-state index is 14.3. The molecule has 1 N–H and O–H groups in total. The molecule has 0 radical (unpaired) electrons. The molecule has 1 aliphatic carbocycles. The Morgan fingerprint density at radius 3 is 2.23 bits per heavy atom.